The van der Waals surface area contributed by atoms with Crippen molar-refractivity contribution in [2.24, 2.45) is 0 Å². The third-order valence-electron chi connectivity index (χ3n) is 2.66. The fourth-order valence-electron chi connectivity index (χ4n) is 1.66. The van der Waals surface area contributed by atoms with Crippen LogP contribution in [-0.4, -0.2) is 25.3 Å². The lowest BCUT2D eigenvalue weighted by Gasteiger charge is -2.12. The van der Waals surface area contributed by atoms with E-state index in [-0.39, 0.29) is 5.76 Å². The highest BCUT2D eigenvalue weighted by atomic mass is 16.5. The zero-order chi connectivity index (χ0) is 14.7. The largest absolute Gasteiger partial charge is 0.493 e. The number of benzene rings is 1. The van der Waals surface area contributed by atoms with E-state index in [1.807, 2.05) is 0 Å². The molecule has 20 heavy (non-hydrogen) atoms. The van der Waals surface area contributed by atoms with Gasteiger partial charge in [-0.1, -0.05) is 5.16 Å². The first-order chi connectivity index (χ1) is 9.55. The lowest BCUT2D eigenvalue weighted by Crippen LogP contribution is -2.12. The molecule has 0 bridgehead atoms. The fourth-order valence-corrected chi connectivity index (χ4v) is 1.66. The summed E-state index contributed by atoms with van der Waals surface area (Å²) in [4.78, 5) is 12.0. The molecule has 106 valence electrons. The Morgan fingerprint density at radius 3 is 2.45 bits per heavy atom. The third-order valence-corrected chi connectivity index (χ3v) is 2.66. The molecule has 0 saturated carbocycles. The van der Waals surface area contributed by atoms with Crippen molar-refractivity contribution < 1.29 is 18.8 Å². The highest BCUT2D eigenvalue weighted by Crippen LogP contribution is 2.34. The van der Waals surface area contributed by atoms with E-state index in [4.69, 9.17) is 19.7 Å². The molecule has 0 atom stereocenters. The minimum atomic E-state index is -0.440. The number of aromatic nitrogens is 1. The Balaban J connectivity index is 2.27. The summed E-state index contributed by atoms with van der Waals surface area (Å²) in [5.74, 6) is 0.616. The lowest BCUT2D eigenvalue weighted by molar-refractivity contribution is 0.0988. The van der Waals surface area contributed by atoms with Crippen LogP contribution >= 0.6 is 0 Å². The van der Waals surface area contributed by atoms with Crippen LogP contribution in [0.2, 0.25) is 0 Å². The molecule has 0 aliphatic heterocycles. The maximum absolute atomic E-state index is 12.0. The first-order valence-corrected chi connectivity index (χ1v) is 5.81. The summed E-state index contributed by atoms with van der Waals surface area (Å²) in [6.45, 7) is 1.73. The molecule has 0 aliphatic rings. The molecular weight excluding hydrogens is 262 g/mol. The van der Waals surface area contributed by atoms with Gasteiger partial charge < -0.3 is 25.0 Å². The first kappa shape index (κ1) is 13.7. The Morgan fingerprint density at radius 2 is 1.90 bits per heavy atom. The van der Waals surface area contributed by atoms with Crippen molar-refractivity contribution in [3.8, 4) is 11.5 Å². The van der Waals surface area contributed by atoms with Gasteiger partial charge in [-0.05, 0) is 6.92 Å². The minimum absolute atomic E-state index is 0.108. The predicted molar refractivity (Wildman–Crippen MR) is 73.2 cm³/mol. The number of nitrogens with one attached hydrogen (secondary N) is 1. The Kier molecular flexibility index (Phi) is 3.79. The van der Waals surface area contributed by atoms with Gasteiger partial charge in [0.2, 0.25) is 5.76 Å². The molecule has 0 fully saturated rings. The van der Waals surface area contributed by atoms with Gasteiger partial charge in [0, 0.05) is 18.2 Å². The van der Waals surface area contributed by atoms with Gasteiger partial charge >= 0.3 is 0 Å². The quantitative estimate of drug-likeness (QED) is 0.827. The molecule has 0 radical (unpaired) electrons. The molecule has 1 aromatic carbocycles. The van der Waals surface area contributed by atoms with E-state index in [9.17, 15) is 4.79 Å². The van der Waals surface area contributed by atoms with Gasteiger partial charge in [0.1, 0.15) is 0 Å². The van der Waals surface area contributed by atoms with E-state index in [2.05, 4.69) is 10.5 Å². The van der Waals surface area contributed by atoms with Crippen molar-refractivity contribution in [2.75, 3.05) is 25.3 Å². The standard InChI is InChI=1S/C13H15N3O4/c1-7-4-12(20-16-7)13(17)15-9-6-11(19-3)10(18-2)5-8(9)14/h4-6H,14H2,1-3H3,(H,15,17). The van der Waals surface area contributed by atoms with Crippen LogP contribution in [-0.2, 0) is 0 Å². The number of rotatable bonds is 4. The number of hydrogen-bond acceptors (Lipinski definition) is 6. The number of nitrogen functional groups attached to an aromatic ring is 1. The monoisotopic (exact) mass is 277 g/mol. The molecule has 0 unspecified atom stereocenters. The summed E-state index contributed by atoms with van der Waals surface area (Å²) in [5.41, 5.74) is 7.23. The van der Waals surface area contributed by atoms with Crippen LogP contribution in [0.25, 0.3) is 0 Å². The number of nitrogens with zero attached hydrogens (tertiary/aromatic N) is 1. The third kappa shape index (κ3) is 2.66. The normalized spacial score (nSPS) is 10.2. The minimum Gasteiger partial charge on any atom is -0.493 e. The number of aryl methyl sites for hydroxylation is 1. The number of nitrogens with two attached hydrogens (primary N) is 1. The predicted octanol–water partition coefficient (Wildman–Crippen LogP) is 1.83. The van der Waals surface area contributed by atoms with Crippen LogP contribution in [0.5, 0.6) is 11.5 Å². The summed E-state index contributed by atoms with van der Waals surface area (Å²) in [6.07, 6.45) is 0. The van der Waals surface area contributed by atoms with Crippen molar-refractivity contribution in [3.05, 3.63) is 29.7 Å². The summed E-state index contributed by atoms with van der Waals surface area (Å²) in [5, 5.41) is 6.28. The molecular formula is C13H15N3O4. The fraction of sp³-hybridized carbons (Fsp3) is 0.231. The molecule has 7 nitrogen and oxygen atoms in total. The molecule has 1 heterocycles. The number of ether oxygens (including phenoxy) is 2. The van der Waals surface area contributed by atoms with E-state index < -0.39 is 5.91 Å². The molecule has 0 aliphatic carbocycles. The second-order valence-corrected chi connectivity index (χ2v) is 4.08. The van der Waals surface area contributed by atoms with Crippen molar-refractivity contribution >= 4 is 17.3 Å². The average molecular weight is 277 g/mol. The Hall–Kier alpha value is -2.70. The zero-order valence-electron chi connectivity index (χ0n) is 11.4. The van der Waals surface area contributed by atoms with Crippen LogP contribution in [0.15, 0.2) is 22.7 Å². The molecule has 7 heteroatoms. The number of carbonyl (C=O) groups excluding carboxylic acids is 1. The number of methoxy groups -OCH3 is 2. The number of hydrogen-bond donors (Lipinski definition) is 2. The van der Waals surface area contributed by atoms with Crippen LogP contribution in [0.1, 0.15) is 16.2 Å². The molecule has 2 rings (SSSR count). The molecule has 2 aromatic rings. The van der Waals surface area contributed by atoms with Gasteiger partial charge in [0.05, 0.1) is 31.3 Å². The Bertz CT molecular complexity index is 637. The summed E-state index contributed by atoms with van der Waals surface area (Å²) in [7, 11) is 3.01. The Morgan fingerprint density at radius 1 is 1.25 bits per heavy atom. The number of anilines is 2. The molecule has 1 amide bonds. The van der Waals surface area contributed by atoms with E-state index in [1.54, 1.807) is 19.1 Å². The van der Waals surface area contributed by atoms with E-state index in [0.717, 1.165) is 0 Å². The van der Waals surface area contributed by atoms with Crippen LogP contribution in [0.3, 0.4) is 0 Å². The van der Waals surface area contributed by atoms with E-state index in [1.165, 1.54) is 20.3 Å². The van der Waals surface area contributed by atoms with Crippen molar-refractivity contribution in [2.45, 2.75) is 6.92 Å². The molecule has 0 spiro atoms. The van der Waals surface area contributed by atoms with Gasteiger partial charge in [0.15, 0.2) is 11.5 Å². The van der Waals surface area contributed by atoms with Crippen molar-refractivity contribution in [1.29, 1.82) is 0 Å². The number of carbonyl (C=O) groups is 1. The van der Waals surface area contributed by atoms with Crippen molar-refractivity contribution in [1.82, 2.24) is 5.16 Å². The van der Waals surface area contributed by atoms with Crippen LogP contribution in [0, 0.1) is 6.92 Å². The molecule has 1 aromatic heterocycles. The summed E-state index contributed by atoms with van der Waals surface area (Å²) < 4.78 is 15.2. The smallest absolute Gasteiger partial charge is 0.294 e. The number of amides is 1. The summed E-state index contributed by atoms with van der Waals surface area (Å²) >= 11 is 0. The first-order valence-electron chi connectivity index (χ1n) is 5.81. The van der Waals surface area contributed by atoms with Gasteiger partial charge in [-0.2, -0.15) is 0 Å². The SMILES string of the molecule is COc1cc(N)c(NC(=O)c2cc(C)no2)cc1OC. The zero-order valence-corrected chi connectivity index (χ0v) is 11.4. The summed E-state index contributed by atoms with van der Waals surface area (Å²) in [6, 6.07) is 4.68. The second-order valence-electron chi connectivity index (χ2n) is 4.08. The second kappa shape index (κ2) is 5.52. The molecule has 0 saturated heterocycles. The van der Waals surface area contributed by atoms with Crippen molar-refractivity contribution in [3.63, 3.8) is 0 Å². The van der Waals surface area contributed by atoms with Gasteiger partial charge in [0.25, 0.3) is 5.91 Å². The topological polar surface area (TPSA) is 99.6 Å². The Labute approximate surface area is 115 Å². The van der Waals surface area contributed by atoms with Gasteiger partial charge in [-0.3, -0.25) is 4.79 Å². The lowest BCUT2D eigenvalue weighted by atomic mass is 10.2. The van der Waals surface area contributed by atoms with Gasteiger partial charge in [-0.25, -0.2) is 0 Å². The van der Waals surface area contributed by atoms with Crippen LogP contribution < -0.4 is 20.5 Å². The van der Waals surface area contributed by atoms with Crippen LogP contribution in [0.4, 0.5) is 11.4 Å². The highest BCUT2D eigenvalue weighted by Gasteiger charge is 2.15. The maximum Gasteiger partial charge on any atom is 0.294 e. The molecule has 3 N–H and O–H groups in total. The van der Waals surface area contributed by atoms with E-state index in [0.29, 0.717) is 28.6 Å². The highest BCUT2D eigenvalue weighted by molar-refractivity contribution is 6.04. The van der Waals surface area contributed by atoms with Gasteiger partial charge in [-0.15, -0.1) is 0 Å². The maximum atomic E-state index is 12.0. The average Bonchev–Trinajstić information content (AvgIpc) is 2.87. The van der Waals surface area contributed by atoms with E-state index >= 15 is 0 Å².